The van der Waals surface area contributed by atoms with E-state index in [1.807, 2.05) is 0 Å². The summed E-state index contributed by atoms with van der Waals surface area (Å²) in [4.78, 5) is 11.2. The average Bonchev–Trinajstić information content (AvgIpc) is 2.60. The molecule has 0 aromatic carbocycles. The van der Waals surface area contributed by atoms with Crippen LogP contribution in [0.1, 0.15) is 55.4 Å². The third kappa shape index (κ3) is 4.79. The smallest absolute Gasteiger partial charge is 0.302 e. The predicted octanol–water partition coefficient (Wildman–Crippen LogP) is 3.89. The summed E-state index contributed by atoms with van der Waals surface area (Å²) in [6, 6.07) is 0. The van der Waals surface area contributed by atoms with E-state index in [0.29, 0.717) is 36.2 Å². The maximum Gasteiger partial charge on any atom is 0.302 e. The van der Waals surface area contributed by atoms with Crippen LogP contribution < -0.4 is 0 Å². The van der Waals surface area contributed by atoms with Gasteiger partial charge in [0.1, 0.15) is 6.61 Å². The van der Waals surface area contributed by atoms with Crippen molar-refractivity contribution in [2.75, 3.05) is 13.2 Å². The number of ether oxygens (including phenoxy) is 4. The second kappa shape index (κ2) is 9.03. The maximum atomic E-state index is 11.2. The first-order valence-corrected chi connectivity index (χ1v) is 10.2. The van der Waals surface area contributed by atoms with Gasteiger partial charge in [0.25, 0.3) is 0 Å². The molecule has 2 heterocycles. The molecule has 0 N–H and O–H groups in total. The summed E-state index contributed by atoms with van der Waals surface area (Å²) < 4.78 is 23.8. The van der Waals surface area contributed by atoms with Crippen LogP contribution in [-0.2, 0) is 23.7 Å². The van der Waals surface area contributed by atoms with Crippen molar-refractivity contribution in [3.63, 3.8) is 0 Å². The van der Waals surface area contributed by atoms with Crippen LogP contribution in [0.4, 0.5) is 0 Å². The Hall–Kier alpha value is -0.650. The van der Waals surface area contributed by atoms with Gasteiger partial charge in [0, 0.05) is 12.8 Å². The zero-order valence-electron chi connectivity index (χ0n) is 17.7. The van der Waals surface area contributed by atoms with Crippen molar-refractivity contribution in [2.24, 2.45) is 35.5 Å². The van der Waals surface area contributed by atoms with Crippen molar-refractivity contribution in [2.45, 2.75) is 80.0 Å². The third-order valence-corrected chi connectivity index (χ3v) is 7.23. The number of carbonyl (C=O) groups is 1. The molecule has 5 unspecified atom stereocenters. The standard InChI is InChI=1S/C21H38O5/c1-11-13(3)17(7)25-19(14(11)4)10-24-21-16(6)12(2)15(5)20(26-21)9-23-18(8)22/h11-17,19-21H,9-10H2,1-8H3/t11?,12?,13-,14-,15+,16-,17?,19?,20?,21-/m0/s1. The molecule has 10 atom stereocenters. The zero-order valence-corrected chi connectivity index (χ0v) is 17.7. The van der Waals surface area contributed by atoms with E-state index in [4.69, 9.17) is 18.9 Å². The molecule has 0 radical (unpaired) electrons. The number of carbonyl (C=O) groups excluding carboxylic acids is 1. The van der Waals surface area contributed by atoms with Gasteiger partial charge in [-0.3, -0.25) is 4.79 Å². The van der Waals surface area contributed by atoms with Gasteiger partial charge in [-0.05, 0) is 36.5 Å². The molecule has 152 valence electrons. The zero-order chi connectivity index (χ0) is 19.6. The van der Waals surface area contributed by atoms with Crippen LogP contribution in [0.25, 0.3) is 0 Å². The normalized spacial score (nSPS) is 46.8. The highest BCUT2D eigenvalue weighted by Gasteiger charge is 2.42. The first-order chi connectivity index (χ1) is 12.1. The molecule has 2 aliphatic rings. The average molecular weight is 371 g/mol. The van der Waals surface area contributed by atoms with Gasteiger partial charge in [-0.25, -0.2) is 0 Å². The highest BCUT2D eigenvalue weighted by atomic mass is 16.7. The highest BCUT2D eigenvalue weighted by molar-refractivity contribution is 5.65. The lowest BCUT2D eigenvalue weighted by Crippen LogP contribution is -2.50. The Bertz CT molecular complexity index is 467. The maximum absolute atomic E-state index is 11.2. The number of esters is 1. The molecular formula is C21H38O5. The van der Waals surface area contributed by atoms with Gasteiger partial charge in [0.05, 0.1) is 24.9 Å². The fourth-order valence-corrected chi connectivity index (χ4v) is 4.22. The molecule has 0 bridgehead atoms. The molecule has 0 amide bonds. The van der Waals surface area contributed by atoms with Crippen molar-refractivity contribution in [1.29, 1.82) is 0 Å². The molecule has 0 aromatic heterocycles. The molecule has 5 heteroatoms. The lowest BCUT2D eigenvalue weighted by atomic mass is 9.77. The van der Waals surface area contributed by atoms with E-state index >= 15 is 0 Å². The predicted molar refractivity (Wildman–Crippen MR) is 101 cm³/mol. The van der Waals surface area contributed by atoms with E-state index < -0.39 is 0 Å². The molecule has 2 fully saturated rings. The Morgan fingerprint density at radius 3 is 1.85 bits per heavy atom. The van der Waals surface area contributed by atoms with Crippen molar-refractivity contribution in [3.05, 3.63) is 0 Å². The molecule has 26 heavy (non-hydrogen) atoms. The largest absolute Gasteiger partial charge is 0.463 e. The second-order valence-corrected chi connectivity index (χ2v) is 8.71. The number of hydrogen-bond donors (Lipinski definition) is 0. The summed E-state index contributed by atoms with van der Waals surface area (Å²) in [5.41, 5.74) is 0. The van der Waals surface area contributed by atoms with Gasteiger partial charge in [0.2, 0.25) is 0 Å². The molecule has 0 spiro atoms. The number of hydrogen-bond acceptors (Lipinski definition) is 5. The van der Waals surface area contributed by atoms with Gasteiger partial charge in [-0.15, -0.1) is 0 Å². The monoisotopic (exact) mass is 370 g/mol. The Kier molecular flexibility index (Phi) is 7.52. The third-order valence-electron chi connectivity index (χ3n) is 7.23. The molecule has 0 aliphatic carbocycles. The topological polar surface area (TPSA) is 54.0 Å². The van der Waals surface area contributed by atoms with Crippen LogP contribution in [0.5, 0.6) is 0 Å². The van der Waals surface area contributed by atoms with Crippen LogP contribution in [0, 0.1) is 35.5 Å². The van der Waals surface area contributed by atoms with Crippen LogP contribution in [0.2, 0.25) is 0 Å². The van der Waals surface area contributed by atoms with Crippen LogP contribution in [0.3, 0.4) is 0 Å². The Morgan fingerprint density at radius 2 is 1.27 bits per heavy atom. The lowest BCUT2D eigenvalue weighted by molar-refractivity contribution is -0.270. The lowest BCUT2D eigenvalue weighted by Gasteiger charge is -2.45. The van der Waals surface area contributed by atoms with Crippen molar-refractivity contribution in [3.8, 4) is 0 Å². The molecular weight excluding hydrogens is 332 g/mol. The minimum absolute atomic E-state index is 0.0913. The van der Waals surface area contributed by atoms with Crippen LogP contribution in [0.15, 0.2) is 0 Å². The van der Waals surface area contributed by atoms with Crippen molar-refractivity contribution >= 4 is 5.97 Å². The Morgan fingerprint density at radius 1 is 0.731 bits per heavy atom. The van der Waals surface area contributed by atoms with Gasteiger partial charge < -0.3 is 18.9 Å². The number of rotatable bonds is 5. The van der Waals surface area contributed by atoms with Crippen LogP contribution >= 0.6 is 0 Å². The van der Waals surface area contributed by atoms with E-state index in [9.17, 15) is 4.79 Å². The summed E-state index contributed by atoms with van der Waals surface area (Å²) in [7, 11) is 0. The minimum Gasteiger partial charge on any atom is -0.463 e. The SMILES string of the molecule is CC(=O)OCC1O[C@H](OCC2OC(C)[C@@H](C)C(C)[C@@H]2C)[C@@H](C)C(C)[C@H]1C. The van der Waals surface area contributed by atoms with Gasteiger partial charge in [-0.2, -0.15) is 0 Å². The van der Waals surface area contributed by atoms with Crippen molar-refractivity contribution < 1.29 is 23.7 Å². The van der Waals surface area contributed by atoms with E-state index in [-0.39, 0.29) is 43.1 Å². The molecule has 2 aliphatic heterocycles. The summed E-state index contributed by atoms with van der Waals surface area (Å²) in [6.45, 7) is 17.8. The Labute approximate surface area is 159 Å². The quantitative estimate of drug-likeness (QED) is 0.687. The minimum atomic E-state index is -0.289. The fraction of sp³-hybridized carbons (Fsp3) is 0.952. The highest BCUT2D eigenvalue weighted by Crippen LogP contribution is 2.38. The van der Waals surface area contributed by atoms with E-state index in [1.165, 1.54) is 6.92 Å². The van der Waals surface area contributed by atoms with Crippen molar-refractivity contribution in [1.82, 2.24) is 0 Å². The molecule has 2 rings (SSSR count). The molecule has 2 saturated heterocycles. The van der Waals surface area contributed by atoms with E-state index in [1.54, 1.807) is 0 Å². The summed E-state index contributed by atoms with van der Waals surface area (Å²) in [5.74, 6) is 2.37. The first-order valence-electron chi connectivity index (χ1n) is 10.2. The summed E-state index contributed by atoms with van der Waals surface area (Å²) in [6.07, 6.45) is -0.0797. The molecule has 5 nitrogen and oxygen atoms in total. The summed E-state index contributed by atoms with van der Waals surface area (Å²) >= 11 is 0. The van der Waals surface area contributed by atoms with E-state index in [0.717, 1.165) is 0 Å². The first kappa shape index (κ1) is 21.6. The Balaban J connectivity index is 1.95. The molecule has 0 saturated carbocycles. The van der Waals surface area contributed by atoms with E-state index in [2.05, 4.69) is 48.5 Å². The second-order valence-electron chi connectivity index (χ2n) is 8.71. The fourth-order valence-electron chi connectivity index (χ4n) is 4.22. The van der Waals surface area contributed by atoms with Gasteiger partial charge in [0.15, 0.2) is 6.29 Å². The van der Waals surface area contributed by atoms with Crippen LogP contribution in [-0.4, -0.2) is 43.8 Å². The van der Waals surface area contributed by atoms with Gasteiger partial charge in [-0.1, -0.05) is 41.5 Å². The van der Waals surface area contributed by atoms with Gasteiger partial charge >= 0.3 is 5.97 Å². The molecule has 0 aromatic rings. The summed E-state index contributed by atoms with van der Waals surface area (Å²) in [5, 5.41) is 0.